The van der Waals surface area contributed by atoms with Crippen LogP contribution in [0.5, 0.6) is 0 Å². The molecule has 2 N–H and O–H groups in total. The lowest BCUT2D eigenvalue weighted by Gasteiger charge is -2.25. The molecule has 4 rings (SSSR count). The quantitative estimate of drug-likeness (QED) is 0.194. The highest BCUT2D eigenvalue weighted by Gasteiger charge is 2.23. The van der Waals surface area contributed by atoms with Crippen molar-refractivity contribution in [3.63, 3.8) is 0 Å². The number of carbonyl (C=O) groups excluding carboxylic acids is 2. The number of aryl methyl sites for hydroxylation is 2. The Bertz CT molecular complexity index is 1630. The predicted molar refractivity (Wildman–Crippen MR) is 167 cm³/mol. The second-order valence-corrected chi connectivity index (χ2v) is 10.6. The molecule has 4 aromatic rings. The Balaban J connectivity index is 1.79. The average molecular weight is 571 g/mol. The molecule has 42 heavy (non-hydrogen) atoms. The largest absolute Gasteiger partial charge is 0.459 e. The molecule has 0 unspecified atom stereocenters. The Kier molecular flexibility index (Phi) is 9.21. The number of fused-ring (bicyclic) bond motifs is 1. The fourth-order valence-corrected chi connectivity index (χ4v) is 4.46. The molecule has 0 bridgehead atoms. The number of rotatable bonds is 11. The maximum atomic E-state index is 13.1. The molecule has 0 saturated carbocycles. The highest BCUT2D eigenvalue weighted by molar-refractivity contribution is 6.03. The van der Waals surface area contributed by atoms with Gasteiger partial charge in [0.25, 0.3) is 0 Å². The average Bonchev–Trinajstić information content (AvgIpc) is 3.29. The minimum absolute atomic E-state index is 0.214. The van der Waals surface area contributed by atoms with Gasteiger partial charge >= 0.3 is 5.97 Å². The molecule has 0 radical (unpaired) electrons. The standard InChI is InChI=1S/C31H38N8O3/c1-9-27(40)33-24-17-23(20(4)16-26(24)38(7)15-14-37(5)6)34-31-32-18-22(30(41)42-19(2)3)28(35-31)29-21-12-10-11-13-25(21)39(8)36-29/h9-13,16-19H,1,14-15H2,2-8H3,(H,33,40)(H,32,34,35). The molecule has 2 heterocycles. The number of hydrogen-bond acceptors (Lipinski definition) is 9. The van der Waals surface area contributed by atoms with Gasteiger partial charge in [-0.2, -0.15) is 5.10 Å². The minimum atomic E-state index is -0.531. The molecule has 11 heteroatoms. The van der Waals surface area contributed by atoms with Gasteiger partial charge in [-0.05, 0) is 64.7 Å². The summed E-state index contributed by atoms with van der Waals surface area (Å²) in [7, 11) is 7.86. The van der Waals surface area contributed by atoms with Crippen LogP contribution in [0.3, 0.4) is 0 Å². The number of para-hydroxylation sites is 1. The van der Waals surface area contributed by atoms with E-state index in [1.165, 1.54) is 12.3 Å². The van der Waals surface area contributed by atoms with E-state index < -0.39 is 5.97 Å². The summed E-state index contributed by atoms with van der Waals surface area (Å²) in [6.45, 7) is 10.7. The van der Waals surface area contributed by atoms with E-state index in [1.54, 1.807) is 18.5 Å². The van der Waals surface area contributed by atoms with Crippen LogP contribution in [0.4, 0.5) is 23.0 Å². The highest BCUT2D eigenvalue weighted by atomic mass is 16.5. The van der Waals surface area contributed by atoms with Gasteiger partial charge in [-0.15, -0.1) is 0 Å². The van der Waals surface area contributed by atoms with Crippen LogP contribution in [-0.4, -0.2) is 76.9 Å². The van der Waals surface area contributed by atoms with Gasteiger partial charge in [-0.25, -0.2) is 14.8 Å². The highest BCUT2D eigenvalue weighted by Crippen LogP contribution is 2.34. The number of hydrogen-bond donors (Lipinski definition) is 2. The smallest absolute Gasteiger partial charge is 0.342 e. The third-order valence-electron chi connectivity index (χ3n) is 6.66. The van der Waals surface area contributed by atoms with Crippen molar-refractivity contribution in [2.75, 3.05) is 49.8 Å². The first-order valence-electron chi connectivity index (χ1n) is 13.7. The lowest BCUT2D eigenvalue weighted by atomic mass is 10.1. The zero-order chi connectivity index (χ0) is 30.6. The first-order chi connectivity index (χ1) is 20.0. The Labute approximate surface area is 246 Å². The monoisotopic (exact) mass is 570 g/mol. The van der Waals surface area contributed by atoms with Crippen LogP contribution in [-0.2, 0) is 16.6 Å². The number of nitrogens with zero attached hydrogens (tertiary/aromatic N) is 6. The maximum absolute atomic E-state index is 13.1. The number of likely N-dealkylation sites (N-methyl/N-ethyl adjacent to an activating group) is 2. The molecule has 0 fully saturated rings. The number of carbonyl (C=O) groups is 2. The van der Waals surface area contributed by atoms with Crippen molar-refractivity contribution in [1.82, 2.24) is 24.6 Å². The van der Waals surface area contributed by atoms with Crippen molar-refractivity contribution in [3.05, 3.63) is 66.4 Å². The SMILES string of the molecule is C=CC(=O)Nc1cc(Nc2ncc(C(=O)OC(C)C)c(-c3nn(C)c4ccccc34)n2)c(C)cc1N(C)CCN(C)C. The van der Waals surface area contributed by atoms with E-state index in [4.69, 9.17) is 9.72 Å². The summed E-state index contributed by atoms with van der Waals surface area (Å²) in [5.74, 6) is -0.587. The van der Waals surface area contributed by atoms with Crippen LogP contribution in [0.2, 0.25) is 0 Å². The molecule has 220 valence electrons. The molecule has 0 saturated heterocycles. The van der Waals surface area contributed by atoms with E-state index in [9.17, 15) is 9.59 Å². The summed E-state index contributed by atoms with van der Waals surface area (Å²) < 4.78 is 7.25. The van der Waals surface area contributed by atoms with Gasteiger partial charge in [0.1, 0.15) is 17.0 Å². The van der Waals surface area contributed by atoms with Gasteiger partial charge in [-0.1, -0.05) is 24.8 Å². The molecule has 2 aromatic carbocycles. The van der Waals surface area contributed by atoms with Crippen molar-refractivity contribution < 1.29 is 14.3 Å². The van der Waals surface area contributed by atoms with Crippen LogP contribution in [0.15, 0.2) is 55.3 Å². The number of aromatic nitrogens is 4. The molecule has 0 aliphatic heterocycles. The molecular formula is C31H38N8O3. The molecular weight excluding hydrogens is 532 g/mol. The van der Waals surface area contributed by atoms with Crippen molar-refractivity contribution in [2.45, 2.75) is 26.9 Å². The molecule has 0 aliphatic rings. The normalized spacial score (nSPS) is 11.2. The van der Waals surface area contributed by atoms with Crippen molar-refractivity contribution in [2.24, 2.45) is 7.05 Å². The zero-order valence-corrected chi connectivity index (χ0v) is 25.2. The summed E-state index contributed by atoms with van der Waals surface area (Å²) in [4.78, 5) is 38.8. The maximum Gasteiger partial charge on any atom is 0.342 e. The lowest BCUT2D eigenvalue weighted by molar-refractivity contribution is -0.111. The molecule has 2 aromatic heterocycles. The second-order valence-electron chi connectivity index (χ2n) is 10.6. The fraction of sp³-hybridized carbons (Fsp3) is 0.323. The van der Waals surface area contributed by atoms with Crippen molar-refractivity contribution in [3.8, 4) is 11.4 Å². The van der Waals surface area contributed by atoms with Crippen LogP contribution < -0.4 is 15.5 Å². The summed E-state index contributed by atoms with van der Waals surface area (Å²) in [6, 6.07) is 11.6. The zero-order valence-electron chi connectivity index (χ0n) is 25.2. The summed E-state index contributed by atoms with van der Waals surface area (Å²) in [5, 5.41) is 11.7. The topological polar surface area (TPSA) is 118 Å². The summed E-state index contributed by atoms with van der Waals surface area (Å²) >= 11 is 0. The van der Waals surface area contributed by atoms with Gasteiger partial charge < -0.3 is 25.2 Å². The third kappa shape index (κ3) is 6.74. The van der Waals surface area contributed by atoms with Gasteiger partial charge in [0.05, 0.1) is 23.0 Å². The van der Waals surface area contributed by atoms with Crippen LogP contribution in [0, 0.1) is 6.92 Å². The Morgan fingerprint density at radius 2 is 1.83 bits per heavy atom. The lowest BCUT2D eigenvalue weighted by Crippen LogP contribution is -2.29. The van der Waals surface area contributed by atoms with Crippen molar-refractivity contribution in [1.29, 1.82) is 0 Å². The van der Waals surface area contributed by atoms with Crippen molar-refractivity contribution >= 4 is 45.8 Å². The van der Waals surface area contributed by atoms with Crippen LogP contribution >= 0.6 is 0 Å². The number of amides is 1. The third-order valence-corrected chi connectivity index (χ3v) is 6.66. The molecule has 0 aliphatic carbocycles. The van der Waals surface area contributed by atoms with E-state index in [1.807, 2.05) is 71.5 Å². The second kappa shape index (κ2) is 12.8. The van der Waals surface area contributed by atoms with Gasteiger partial charge in [0.2, 0.25) is 11.9 Å². The van der Waals surface area contributed by atoms with E-state index >= 15 is 0 Å². The number of benzene rings is 2. The van der Waals surface area contributed by atoms with Crippen LogP contribution in [0.1, 0.15) is 29.8 Å². The van der Waals surface area contributed by atoms with E-state index in [-0.39, 0.29) is 23.5 Å². The Hall–Kier alpha value is -4.77. The Morgan fingerprint density at radius 1 is 1.10 bits per heavy atom. The molecule has 11 nitrogen and oxygen atoms in total. The fourth-order valence-electron chi connectivity index (χ4n) is 4.46. The van der Waals surface area contributed by atoms with E-state index in [2.05, 4.69) is 37.1 Å². The van der Waals surface area contributed by atoms with E-state index in [0.717, 1.165) is 35.2 Å². The van der Waals surface area contributed by atoms with Crippen LogP contribution in [0.25, 0.3) is 22.3 Å². The number of esters is 1. The van der Waals surface area contributed by atoms with E-state index in [0.29, 0.717) is 22.8 Å². The summed E-state index contributed by atoms with van der Waals surface area (Å²) in [5.41, 5.74) is 5.09. The first-order valence-corrected chi connectivity index (χ1v) is 13.7. The Morgan fingerprint density at radius 3 is 2.52 bits per heavy atom. The number of anilines is 4. The number of ether oxygens (including phenoxy) is 1. The molecule has 1 amide bonds. The van der Waals surface area contributed by atoms with Gasteiger partial charge in [-0.3, -0.25) is 9.48 Å². The van der Waals surface area contributed by atoms with Gasteiger partial charge in [0, 0.05) is 44.5 Å². The predicted octanol–water partition coefficient (Wildman–Crippen LogP) is 4.77. The first kappa shape index (κ1) is 30.2. The summed E-state index contributed by atoms with van der Waals surface area (Å²) in [6.07, 6.45) is 2.38. The number of nitrogens with one attached hydrogen (secondary N) is 2. The molecule has 0 spiro atoms. The van der Waals surface area contributed by atoms with Gasteiger partial charge in [0.15, 0.2) is 0 Å². The molecule has 0 atom stereocenters. The minimum Gasteiger partial charge on any atom is -0.459 e.